The molecular formula is C26H28N4O. The van der Waals surface area contributed by atoms with Crippen LogP contribution in [-0.4, -0.2) is 38.7 Å². The predicted molar refractivity (Wildman–Crippen MR) is 122 cm³/mol. The maximum absolute atomic E-state index is 13.0. The van der Waals surface area contributed by atoms with Gasteiger partial charge in [-0.3, -0.25) is 14.5 Å². The quantitative estimate of drug-likeness (QED) is 0.506. The molecule has 5 heteroatoms. The third kappa shape index (κ3) is 4.61. The molecule has 2 fully saturated rings. The molecule has 5 rings (SSSR count). The van der Waals surface area contributed by atoms with E-state index in [9.17, 15) is 4.79 Å². The molecular weight excluding hydrogens is 384 g/mol. The minimum atomic E-state index is 0.0803. The fourth-order valence-electron chi connectivity index (χ4n) is 4.46. The van der Waals surface area contributed by atoms with Crippen LogP contribution in [0.2, 0.25) is 0 Å². The molecule has 2 heterocycles. The summed E-state index contributed by atoms with van der Waals surface area (Å²) in [5.41, 5.74) is 3.91. The van der Waals surface area contributed by atoms with Crippen LogP contribution in [0.5, 0.6) is 0 Å². The lowest BCUT2D eigenvalue weighted by atomic mass is 10.1. The molecule has 0 bridgehead atoms. The van der Waals surface area contributed by atoms with Crippen molar-refractivity contribution in [3.8, 4) is 11.3 Å². The lowest BCUT2D eigenvalue weighted by Gasteiger charge is -2.27. The number of amides is 1. The standard InChI is InChI=1S/C26H28N4O/c1-29(26(20-9-10-20)21-11-12-21)24(31)14-13-23-18-30(17-19-6-3-2-4-7-19)28-25(23)22-8-5-15-27-16-22/h2-8,13-16,18,20-21,26H,9-12,17H2,1H3/b14-13+. The lowest BCUT2D eigenvalue weighted by molar-refractivity contribution is -0.127. The van der Waals surface area contributed by atoms with Crippen molar-refractivity contribution in [1.29, 1.82) is 0 Å². The Bertz CT molecular complexity index is 1050. The highest BCUT2D eigenvalue weighted by Crippen LogP contribution is 2.46. The molecule has 0 atom stereocenters. The maximum Gasteiger partial charge on any atom is 0.246 e. The Kier molecular flexibility index (Phi) is 5.41. The van der Waals surface area contributed by atoms with E-state index in [0.29, 0.717) is 24.4 Å². The SMILES string of the molecule is CN(C(=O)/C=C/c1cn(Cc2ccccc2)nc1-c1cccnc1)C(C1CC1)C1CC1. The summed E-state index contributed by atoms with van der Waals surface area (Å²) in [7, 11) is 1.97. The Morgan fingerprint density at radius 2 is 1.87 bits per heavy atom. The minimum absolute atomic E-state index is 0.0803. The first kappa shape index (κ1) is 19.7. The minimum Gasteiger partial charge on any atom is -0.339 e. The van der Waals surface area contributed by atoms with E-state index in [0.717, 1.165) is 16.8 Å². The van der Waals surface area contributed by atoms with Gasteiger partial charge in [-0.25, -0.2) is 0 Å². The first-order chi connectivity index (χ1) is 15.2. The Labute approximate surface area is 183 Å². The molecule has 2 aliphatic carbocycles. The van der Waals surface area contributed by atoms with Crippen LogP contribution in [0.15, 0.2) is 67.1 Å². The summed E-state index contributed by atoms with van der Waals surface area (Å²) < 4.78 is 1.93. The topological polar surface area (TPSA) is 51.0 Å². The smallest absolute Gasteiger partial charge is 0.246 e. The molecule has 0 radical (unpaired) electrons. The first-order valence-electron chi connectivity index (χ1n) is 11.2. The van der Waals surface area contributed by atoms with Crippen LogP contribution >= 0.6 is 0 Å². The first-order valence-corrected chi connectivity index (χ1v) is 11.2. The van der Waals surface area contributed by atoms with Crippen molar-refractivity contribution in [3.63, 3.8) is 0 Å². The Morgan fingerprint density at radius 3 is 2.52 bits per heavy atom. The zero-order valence-corrected chi connectivity index (χ0v) is 17.9. The zero-order chi connectivity index (χ0) is 21.2. The number of pyridine rings is 1. The van der Waals surface area contributed by atoms with E-state index in [2.05, 4.69) is 17.1 Å². The average molecular weight is 413 g/mol. The highest BCUT2D eigenvalue weighted by atomic mass is 16.2. The lowest BCUT2D eigenvalue weighted by Crippen LogP contribution is -2.39. The molecule has 0 unspecified atom stereocenters. The van der Waals surface area contributed by atoms with Gasteiger partial charge in [-0.1, -0.05) is 30.3 Å². The Morgan fingerprint density at radius 1 is 1.13 bits per heavy atom. The predicted octanol–water partition coefficient (Wildman–Crippen LogP) is 4.65. The molecule has 158 valence electrons. The number of carbonyl (C=O) groups excluding carboxylic acids is 1. The van der Waals surface area contributed by atoms with Gasteiger partial charge < -0.3 is 4.90 Å². The van der Waals surface area contributed by atoms with Crippen molar-refractivity contribution in [2.24, 2.45) is 11.8 Å². The van der Waals surface area contributed by atoms with Gasteiger partial charge in [0.25, 0.3) is 0 Å². The van der Waals surface area contributed by atoms with Crippen LogP contribution in [0.4, 0.5) is 0 Å². The highest BCUT2D eigenvalue weighted by molar-refractivity contribution is 5.93. The summed E-state index contributed by atoms with van der Waals surface area (Å²) in [6, 6.07) is 14.6. The molecule has 0 N–H and O–H groups in total. The summed E-state index contributed by atoms with van der Waals surface area (Å²) in [5.74, 6) is 1.49. The number of likely N-dealkylation sites (N-methyl/N-ethyl adjacent to an activating group) is 1. The van der Waals surface area contributed by atoms with E-state index in [-0.39, 0.29) is 5.91 Å². The Balaban J connectivity index is 1.39. The second kappa shape index (κ2) is 8.50. The molecule has 2 aliphatic rings. The van der Waals surface area contributed by atoms with E-state index >= 15 is 0 Å². The molecule has 0 saturated heterocycles. The summed E-state index contributed by atoms with van der Waals surface area (Å²) in [5, 5.41) is 4.81. The normalized spacial score (nSPS) is 16.2. The Hall–Kier alpha value is -3.21. The summed E-state index contributed by atoms with van der Waals surface area (Å²) in [6.07, 6.45) is 14.3. The van der Waals surface area contributed by atoms with Crippen molar-refractivity contribution >= 4 is 12.0 Å². The van der Waals surface area contributed by atoms with Crippen LogP contribution < -0.4 is 0 Å². The molecule has 0 spiro atoms. The molecule has 3 aromatic rings. The fraction of sp³-hybridized carbons (Fsp3) is 0.346. The van der Waals surface area contributed by atoms with E-state index in [1.807, 2.05) is 65.4 Å². The molecule has 5 nitrogen and oxygen atoms in total. The number of rotatable bonds is 8. The van der Waals surface area contributed by atoms with Gasteiger partial charge in [-0.15, -0.1) is 0 Å². The van der Waals surface area contributed by atoms with Crippen LogP contribution in [0.25, 0.3) is 17.3 Å². The summed E-state index contributed by atoms with van der Waals surface area (Å²) in [4.78, 5) is 19.2. The molecule has 1 amide bonds. The van der Waals surface area contributed by atoms with Crippen molar-refractivity contribution in [1.82, 2.24) is 19.7 Å². The second-order valence-electron chi connectivity index (χ2n) is 8.81. The molecule has 2 aromatic heterocycles. The molecule has 0 aliphatic heterocycles. The largest absolute Gasteiger partial charge is 0.339 e. The molecule has 2 saturated carbocycles. The van der Waals surface area contributed by atoms with Crippen LogP contribution in [0.1, 0.15) is 36.8 Å². The van der Waals surface area contributed by atoms with Crippen molar-refractivity contribution in [2.75, 3.05) is 7.05 Å². The fourth-order valence-corrected chi connectivity index (χ4v) is 4.46. The third-order valence-electron chi connectivity index (χ3n) is 6.32. The number of aromatic nitrogens is 3. The summed E-state index contributed by atoms with van der Waals surface area (Å²) >= 11 is 0. The van der Waals surface area contributed by atoms with Crippen LogP contribution in [-0.2, 0) is 11.3 Å². The van der Waals surface area contributed by atoms with Crippen LogP contribution in [0, 0.1) is 11.8 Å². The number of benzene rings is 1. The number of hydrogen-bond donors (Lipinski definition) is 0. The van der Waals surface area contributed by atoms with E-state index < -0.39 is 0 Å². The summed E-state index contributed by atoms with van der Waals surface area (Å²) in [6.45, 7) is 0.682. The van der Waals surface area contributed by atoms with Gasteiger partial charge in [0.2, 0.25) is 5.91 Å². The van der Waals surface area contributed by atoms with Gasteiger partial charge in [-0.05, 0) is 61.3 Å². The third-order valence-corrected chi connectivity index (χ3v) is 6.32. The van der Waals surface area contributed by atoms with Gasteiger partial charge >= 0.3 is 0 Å². The number of hydrogen-bond acceptors (Lipinski definition) is 3. The van der Waals surface area contributed by atoms with Crippen LogP contribution in [0.3, 0.4) is 0 Å². The van der Waals surface area contributed by atoms with Gasteiger partial charge in [0, 0.05) is 48.9 Å². The zero-order valence-electron chi connectivity index (χ0n) is 17.9. The maximum atomic E-state index is 13.0. The average Bonchev–Trinajstić information content (AvgIpc) is 3.74. The van der Waals surface area contributed by atoms with Gasteiger partial charge in [0.15, 0.2) is 0 Å². The van der Waals surface area contributed by atoms with E-state index in [1.165, 1.54) is 31.2 Å². The highest BCUT2D eigenvalue weighted by Gasteiger charge is 2.44. The van der Waals surface area contributed by atoms with E-state index in [1.54, 1.807) is 12.3 Å². The number of nitrogens with zero attached hydrogens (tertiary/aromatic N) is 4. The van der Waals surface area contributed by atoms with Crippen molar-refractivity contribution in [3.05, 3.63) is 78.3 Å². The van der Waals surface area contributed by atoms with E-state index in [4.69, 9.17) is 5.10 Å². The molecule has 1 aromatic carbocycles. The second-order valence-corrected chi connectivity index (χ2v) is 8.81. The van der Waals surface area contributed by atoms with Crippen molar-refractivity contribution in [2.45, 2.75) is 38.3 Å². The van der Waals surface area contributed by atoms with Crippen molar-refractivity contribution < 1.29 is 4.79 Å². The monoisotopic (exact) mass is 412 g/mol. The molecule has 31 heavy (non-hydrogen) atoms. The van der Waals surface area contributed by atoms with Gasteiger partial charge in [0.1, 0.15) is 5.69 Å². The number of carbonyl (C=O) groups is 1. The van der Waals surface area contributed by atoms with Gasteiger partial charge in [-0.2, -0.15) is 5.10 Å². The van der Waals surface area contributed by atoms with Gasteiger partial charge in [0.05, 0.1) is 6.54 Å².